The molecular weight excluding hydrogens is 278 g/mol. The molecule has 3 aromatic rings. The molecule has 0 aliphatic carbocycles. The lowest BCUT2D eigenvalue weighted by Crippen LogP contribution is -1.99. The van der Waals surface area contributed by atoms with Crippen molar-refractivity contribution in [1.29, 1.82) is 5.26 Å². The topological polar surface area (TPSA) is 62.7 Å². The molecule has 0 unspecified atom stereocenters. The number of pyridine rings is 1. The average molecular weight is 291 g/mol. The largest absolute Gasteiger partial charge is 0.383 e. The molecule has 3 rings (SSSR count). The molecule has 0 aliphatic rings. The van der Waals surface area contributed by atoms with Crippen LogP contribution < -0.4 is 5.73 Å². The van der Waals surface area contributed by atoms with Crippen LogP contribution in [0.15, 0.2) is 47.8 Å². The minimum Gasteiger partial charge on any atom is -0.383 e. The van der Waals surface area contributed by atoms with Crippen LogP contribution in [0.1, 0.15) is 11.1 Å². The van der Waals surface area contributed by atoms with Crippen molar-refractivity contribution in [3.63, 3.8) is 0 Å². The van der Waals surface area contributed by atoms with Gasteiger partial charge < -0.3 is 5.73 Å². The monoisotopic (exact) mass is 291 g/mol. The van der Waals surface area contributed by atoms with Crippen LogP contribution in [0.5, 0.6) is 0 Å². The second-order valence-electron chi connectivity index (χ2n) is 4.77. The van der Waals surface area contributed by atoms with Crippen LogP contribution in [0.4, 0.5) is 5.82 Å². The highest BCUT2D eigenvalue weighted by molar-refractivity contribution is 7.13. The first-order chi connectivity index (χ1) is 10.2. The summed E-state index contributed by atoms with van der Waals surface area (Å²) in [5.74, 6) is 0.278. The molecule has 4 heteroatoms. The van der Waals surface area contributed by atoms with Gasteiger partial charge in [-0.1, -0.05) is 29.8 Å². The summed E-state index contributed by atoms with van der Waals surface area (Å²) in [6.45, 7) is 2.04. The summed E-state index contributed by atoms with van der Waals surface area (Å²) in [6, 6.07) is 16.1. The van der Waals surface area contributed by atoms with E-state index >= 15 is 0 Å². The Morgan fingerprint density at radius 1 is 1.19 bits per heavy atom. The zero-order chi connectivity index (χ0) is 14.8. The van der Waals surface area contributed by atoms with Crippen molar-refractivity contribution in [2.45, 2.75) is 6.92 Å². The van der Waals surface area contributed by atoms with Crippen molar-refractivity contribution < 1.29 is 0 Å². The van der Waals surface area contributed by atoms with Crippen LogP contribution in [0.3, 0.4) is 0 Å². The summed E-state index contributed by atoms with van der Waals surface area (Å²) in [7, 11) is 0. The molecular formula is C17H13N3S. The molecule has 2 heterocycles. The van der Waals surface area contributed by atoms with Gasteiger partial charge in [0.05, 0.1) is 5.69 Å². The SMILES string of the molecule is Cc1cccc(-c2cc(-c3cccs3)c(C#N)c(N)n2)c1. The van der Waals surface area contributed by atoms with Gasteiger partial charge in [0.15, 0.2) is 0 Å². The first-order valence-corrected chi connectivity index (χ1v) is 7.38. The maximum absolute atomic E-state index is 9.34. The van der Waals surface area contributed by atoms with Crippen molar-refractivity contribution in [3.05, 3.63) is 59.0 Å². The van der Waals surface area contributed by atoms with E-state index < -0.39 is 0 Å². The summed E-state index contributed by atoms with van der Waals surface area (Å²) < 4.78 is 0. The second-order valence-corrected chi connectivity index (χ2v) is 5.72. The van der Waals surface area contributed by atoms with Gasteiger partial charge in [0.2, 0.25) is 0 Å². The molecule has 0 fully saturated rings. The number of thiophene rings is 1. The Morgan fingerprint density at radius 2 is 2.05 bits per heavy atom. The molecule has 0 saturated heterocycles. The van der Waals surface area contributed by atoms with Gasteiger partial charge in [-0.25, -0.2) is 4.98 Å². The molecule has 0 radical (unpaired) electrons. The predicted molar refractivity (Wildman–Crippen MR) is 86.9 cm³/mol. The van der Waals surface area contributed by atoms with E-state index in [1.54, 1.807) is 11.3 Å². The van der Waals surface area contributed by atoms with Crippen LogP contribution >= 0.6 is 11.3 Å². The molecule has 0 amide bonds. The average Bonchev–Trinajstić information content (AvgIpc) is 3.00. The van der Waals surface area contributed by atoms with Crippen LogP contribution in [0, 0.1) is 18.3 Å². The molecule has 1 aromatic carbocycles. The second kappa shape index (κ2) is 5.39. The van der Waals surface area contributed by atoms with Gasteiger partial charge in [0.25, 0.3) is 0 Å². The highest BCUT2D eigenvalue weighted by Gasteiger charge is 2.13. The van der Waals surface area contributed by atoms with E-state index in [9.17, 15) is 5.26 Å². The fraction of sp³-hybridized carbons (Fsp3) is 0.0588. The third-order valence-corrected chi connectivity index (χ3v) is 4.16. The molecule has 3 nitrogen and oxygen atoms in total. The number of rotatable bonds is 2. The molecule has 0 spiro atoms. The van der Waals surface area contributed by atoms with Gasteiger partial charge in [0, 0.05) is 16.0 Å². The molecule has 21 heavy (non-hydrogen) atoms. The minimum atomic E-state index is 0.278. The molecule has 2 aromatic heterocycles. The first-order valence-electron chi connectivity index (χ1n) is 6.50. The van der Waals surface area contributed by atoms with Gasteiger partial charge in [0.1, 0.15) is 17.5 Å². The highest BCUT2D eigenvalue weighted by Crippen LogP contribution is 2.33. The maximum atomic E-state index is 9.34. The Bertz CT molecular complexity index is 830. The lowest BCUT2D eigenvalue weighted by atomic mass is 10.0. The van der Waals surface area contributed by atoms with E-state index in [0.717, 1.165) is 27.3 Å². The Labute approximate surface area is 127 Å². The molecule has 0 aliphatic heterocycles. The fourth-order valence-electron chi connectivity index (χ4n) is 2.26. The zero-order valence-corrected chi connectivity index (χ0v) is 12.3. The van der Waals surface area contributed by atoms with Crippen molar-refractivity contribution in [3.8, 4) is 27.8 Å². The standard InChI is InChI=1S/C17H13N3S/c1-11-4-2-5-12(8-11)15-9-13(16-6-3-7-21-16)14(10-18)17(19)20-15/h2-9H,1H3,(H2,19,20). The Kier molecular flexibility index (Phi) is 3.43. The number of aromatic nitrogens is 1. The van der Waals surface area contributed by atoms with Crippen molar-refractivity contribution >= 4 is 17.2 Å². The van der Waals surface area contributed by atoms with Gasteiger partial charge in [-0.2, -0.15) is 5.26 Å². The number of benzene rings is 1. The highest BCUT2D eigenvalue weighted by atomic mass is 32.1. The summed E-state index contributed by atoms with van der Waals surface area (Å²) >= 11 is 1.59. The maximum Gasteiger partial charge on any atom is 0.142 e. The molecule has 2 N–H and O–H groups in total. The zero-order valence-electron chi connectivity index (χ0n) is 11.5. The lowest BCUT2D eigenvalue weighted by molar-refractivity contribution is 1.31. The van der Waals surface area contributed by atoms with Crippen LogP contribution in [0.25, 0.3) is 21.7 Å². The lowest BCUT2D eigenvalue weighted by Gasteiger charge is -2.09. The summed E-state index contributed by atoms with van der Waals surface area (Å²) in [5, 5.41) is 11.3. The third-order valence-electron chi connectivity index (χ3n) is 3.26. The minimum absolute atomic E-state index is 0.278. The number of hydrogen-bond acceptors (Lipinski definition) is 4. The van der Waals surface area contributed by atoms with E-state index in [4.69, 9.17) is 5.73 Å². The fourth-order valence-corrected chi connectivity index (χ4v) is 3.01. The quantitative estimate of drug-likeness (QED) is 0.768. The molecule has 0 saturated carbocycles. The summed E-state index contributed by atoms with van der Waals surface area (Å²) in [4.78, 5) is 5.41. The van der Waals surface area contributed by atoms with Gasteiger partial charge >= 0.3 is 0 Å². The number of nitrogens with two attached hydrogens (primary N) is 1. The number of nitriles is 1. The molecule has 0 atom stereocenters. The van der Waals surface area contributed by atoms with E-state index in [1.807, 2.05) is 48.7 Å². The van der Waals surface area contributed by atoms with Gasteiger partial charge in [-0.15, -0.1) is 11.3 Å². The summed E-state index contributed by atoms with van der Waals surface area (Å²) in [5.41, 5.74) is 10.2. The Hall–Kier alpha value is -2.64. The van der Waals surface area contributed by atoms with Crippen LogP contribution in [-0.4, -0.2) is 4.98 Å². The number of nitrogens with zero attached hydrogens (tertiary/aromatic N) is 2. The molecule has 0 bridgehead atoms. The van der Waals surface area contributed by atoms with E-state index in [2.05, 4.69) is 17.1 Å². The van der Waals surface area contributed by atoms with Crippen LogP contribution in [0.2, 0.25) is 0 Å². The van der Waals surface area contributed by atoms with Crippen molar-refractivity contribution in [2.24, 2.45) is 0 Å². The van der Waals surface area contributed by atoms with Gasteiger partial charge in [-0.05, 0) is 30.5 Å². The van der Waals surface area contributed by atoms with E-state index in [1.165, 1.54) is 0 Å². The van der Waals surface area contributed by atoms with Crippen molar-refractivity contribution in [1.82, 2.24) is 4.98 Å². The number of hydrogen-bond donors (Lipinski definition) is 1. The number of nitrogen functional groups attached to an aromatic ring is 1. The van der Waals surface area contributed by atoms with E-state index in [0.29, 0.717) is 5.56 Å². The first kappa shape index (κ1) is 13.3. The molecule has 102 valence electrons. The van der Waals surface area contributed by atoms with Crippen LogP contribution in [-0.2, 0) is 0 Å². The van der Waals surface area contributed by atoms with E-state index in [-0.39, 0.29) is 5.82 Å². The smallest absolute Gasteiger partial charge is 0.142 e. The Balaban J connectivity index is 2.23. The Morgan fingerprint density at radius 3 is 2.71 bits per heavy atom. The number of aryl methyl sites for hydroxylation is 1. The predicted octanol–water partition coefficient (Wildman–Crippen LogP) is 4.24. The van der Waals surface area contributed by atoms with Crippen molar-refractivity contribution in [2.75, 3.05) is 5.73 Å². The number of anilines is 1. The normalized spacial score (nSPS) is 10.3. The summed E-state index contributed by atoms with van der Waals surface area (Å²) in [6.07, 6.45) is 0. The third kappa shape index (κ3) is 2.51. The van der Waals surface area contributed by atoms with Gasteiger partial charge in [-0.3, -0.25) is 0 Å².